The van der Waals surface area contributed by atoms with Gasteiger partial charge in [-0.15, -0.1) is 6.58 Å². The molecular weight excluding hydrogens is 529 g/mol. The molecule has 0 spiro atoms. The average molecular weight is 547 g/mol. The predicted octanol–water partition coefficient (Wildman–Crippen LogP) is 8.61. The molecule has 1 N–H and O–H groups in total. The number of carbonyl (C=O) groups is 1. The lowest BCUT2D eigenvalue weighted by Gasteiger charge is -2.19. The van der Waals surface area contributed by atoms with Crippen LogP contribution in [0.5, 0.6) is 0 Å². The predicted molar refractivity (Wildman–Crippen MR) is 120 cm³/mol. The van der Waals surface area contributed by atoms with Crippen LogP contribution in [0.2, 0.25) is 0 Å². The summed E-state index contributed by atoms with van der Waals surface area (Å²) in [6.45, 7) is 5.16. The molecule has 2 aromatic carbocycles. The molecule has 3 rings (SSSR count). The van der Waals surface area contributed by atoms with E-state index in [1.807, 2.05) is 0 Å². The van der Waals surface area contributed by atoms with Crippen LogP contribution >= 0.6 is 0 Å². The summed E-state index contributed by atoms with van der Waals surface area (Å²) in [5, 5.41) is 9.74. The molecule has 3 nitrogen and oxygen atoms in total. The quantitative estimate of drug-likeness (QED) is 0.248. The Balaban J connectivity index is 2.31. The van der Waals surface area contributed by atoms with Crippen LogP contribution in [-0.4, -0.2) is 16.1 Å². The smallest absolute Gasteiger partial charge is 0.417 e. The number of halogens is 9. The van der Waals surface area contributed by atoms with E-state index in [2.05, 4.69) is 11.6 Å². The van der Waals surface area contributed by atoms with Crippen LogP contribution in [0, 0.1) is 0 Å². The molecule has 1 unspecified atom stereocenters. The summed E-state index contributed by atoms with van der Waals surface area (Å²) in [4.78, 5) is 16.1. The number of aromatic nitrogens is 1. The molecule has 202 valence electrons. The van der Waals surface area contributed by atoms with Crippen LogP contribution in [0.3, 0.4) is 0 Å². The number of benzene rings is 2. The fourth-order valence-corrected chi connectivity index (χ4v) is 3.74. The molecule has 1 aromatic heterocycles. The molecule has 0 aliphatic heterocycles. The minimum absolute atomic E-state index is 0.0148. The third-order valence-corrected chi connectivity index (χ3v) is 5.54. The summed E-state index contributed by atoms with van der Waals surface area (Å²) in [5.74, 6) is -2.70. The summed E-state index contributed by atoms with van der Waals surface area (Å²) in [7, 11) is 0. The summed E-state index contributed by atoms with van der Waals surface area (Å²) < 4.78 is 120. The van der Waals surface area contributed by atoms with Gasteiger partial charge in [0.15, 0.2) is 0 Å². The fraction of sp³-hybridized carbons (Fsp3) is 0.231. The maximum absolute atomic E-state index is 13.8. The number of pyridine rings is 1. The molecule has 0 bridgehead atoms. The van der Waals surface area contributed by atoms with Crippen LogP contribution in [0.4, 0.5) is 39.5 Å². The Hall–Kier alpha value is -3.83. The highest BCUT2D eigenvalue weighted by Gasteiger charge is 2.39. The van der Waals surface area contributed by atoms with Crippen molar-refractivity contribution in [3.8, 4) is 22.5 Å². The van der Waals surface area contributed by atoms with Crippen LogP contribution < -0.4 is 0 Å². The molecule has 1 atom stereocenters. The summed E-state index contributed by atoms with van der Waals surface area (Å²) in [6.07, 6.45) is -15.1. The van der Waals surface area contributed by atoms with Crippen molar-refractivity contribution in [2.45, 2.75) is 37.8 Å². The van der Waals surface area contributed by atoms with E-state index >= 15 is 0 Å². The number of carboxylic acid groups (broad SMARTS) is 1. The molecule has 12 heteroatoms. The second-order valence-electron chi connectivity index (χ2n) is 8.55. The Morgan fingerprint density at radius 3 is 1.82 bits per heavy atom. The number of nitrogens with zero attached hydrogens (tertiary/aromatic N) is 1. The first-order valence-electron chi connectivity index (χ1n) is 10.7. The minimum Gasteiger partial charge on any atom is -0.481 e. The number of hydrogen-bond donors (Lipinski definition) is 1. The lowest BCUT2D eigenvalue weighted by molar-refractivity contribution is -0.143. The topological polar surface area (TPSA) is 50.2 Å². The van der Waals surface area contributed by atoms with Gasteiger partial charge in [-0.1, -0.05) is 23.8 Å². The van der Waals surface area contributed by atoms with Crippen molar-refractivity contribution in [2.75, 3.05) is 0 Å². The van der Waals surface area contributed by atoms with Crippen molar-refractivity contribution in [1.82, 2.24) is 4.98 Å². The zero-order valence-electron chi connectivity index (χ0n) is 19.4. The molecule has 0 saturated carbocycles. The van der Waals surface area contributed by atoms with Crippen LogP contribution in [0.15, 0.2) is 66.7 Å². The van der Waals surface area contributed by atoms with Gasteiger partial charge in [0.1, 0.15) is 0 Å². The monoisotopic (exact) mass is 547 g/mol. The maximum Gasteiger partial charge on any atom is 0.417 e. The van der Waals surface area contributed by atoms with Crippen molar-refractivity contribution in [1.29, 1.82) is 0 Å². The maximum atomic E-state index is 13.8. The highest BCUT2D eigenvalue weighted by atomic mass is 19.4. The highest BCUT2D eigenvalue weighted by molar-refractivity contribution is 5.79. The molecule has 0 radical (unpaired) electrons. The number of aliphatic carboxylic acids is 1. The molecule has 1 heterocycles. The van der Waals surface area contributed by atoms with E-state index in [0.29, 0.717) is 29.8 Å². The zero-order valence-corrected chi connectivity index (χ0v) is 19.4. The van der Waals surface area contributed by atoms with Crippen molar-refractivity contribution in [2.24, 2.45) is 0 Å². The summed E-state index contributed by atoms with van der Waals surface area (Å²) >= 11 is 0. The Morgan fingerprint density at radius 1 is 0.816 bits per heavy atom. The van der Waals surface area contributed by atoms with Crippen molar-refractivity contribution in [3.63, 3.8) is 0 Å². The Bertz CT molecular complexity index is 1360. The third kappa shape index (κ3) is 6.53. The highest BCUT2D eigenvalue weighted by Crippen LogP contribution is 2.42. The number of allylic oxidation sites excluding steroid dienone is 1. The Labute approximate surface area is 210 Å². The fourth-order valence-electron chi connectivity index (χ4n) is 3.74. The molecule has 0 amide bonds. The molecular formula is C26H18F9NO2. The molecule has 38 heavy (non-hydrogen) atoms. The van der Waals surface area contributed by atoms with Gasteiger partial charge in [0.25, 0.3) is 0 Å². The Morgan fingerprint density at radius 2 is 1.34 bits per heavy atom. The third-order valence-electron chi connectivity index (χ3n) is 5.54. The number of rotatable bonds is 6. The van der Waals surface area contributed by atoms with E-state index in [4.69, 9.17) is 0 Å². The normalized spacial score (nSPS) is 13.3. The van der Waals surface area contributed by atoms with E-state index < -0.39 is 58.4 Å². The first-order valence-corrected chi connectivity index (χ1v) is 10.7. The average Bonchev–Trinajstić information content (AvgIpc) is 2.80. The van der Waals surface area contributed by atoms with E-state index in [0.717, 1.165) is 18.2 Å². The largest absolute Gasteiger partial charge is 0.481 e. The summed E-state index contributed by atoms with van der Waals surface area (Å²) in [6, 6.07) is 6.57. The standard InChI is InChI=1S/C26H18F9NO2/c1-13(2)9-19(23(37)38)15-10-21(14-3-5-16(6-4-14)24(27,28)29)36-22(11-15)18-8-7-17(25(30,31)32)12-20(18)26(33,34)35/h3-8,10-12,19H,1,9H2,2H3,(H,37,38). The van der Waals surface area contributed by atoms with Gasteiger partial charge in [0.2, 0.25) is 0 Å². The van der Waals surface area contributed by atoms with E-state index in [1.54, 1.807) is 0 Å². The number of hydrogen-bond acceptors (Lipinski definition) is 2. The van der Waals surface area contributed by atoms with Gasteiger partial charge >= 0.3 is 24.5 Å². The molecule has 0 fully saturated rings. The van der Waals surface area contributed by atoms with E-state index in [-0.39, 0.29) is 29.3 Å². The second kappa shape index (κ2) is 10.1. The van der Waals surface area contributed by atoms with Crippen molar-refractivity contribution in [3.05, 3.63) is 89.0 Å². The minimum atomic E-state index is -5.24. The Kier molecular flexibility index (Phi) is 7.67. The lowest BCUT2D eigenvalue weighted by atomic mass is 9.90. The molecule has 0 saturated heterocycles. The summed E-state index contributed by atoms with van der Waals surface area (Å²) in [5.41, 5.74) is -5.31. The molecule has 3 aromatic rings. The van der Waals surface area contributed by atoms with Crippen molar-refractivity contribution >= 4 is 5.97 Å². The van der Waals surface area contributed by atoms with Gasteiger partial charge in [-0.05, 0) is 55.3 Å². The first-order chi connectivity index (χ1) is 17.4. The van der Waals surface area contributed by atoms with Crippen molar-refractivity contribution < 1.29 is 49.4 Å². The zero-order chi connectivity index (χ0) is 28.6. The number of carboxylic acids is 1. The first kappa shape index (κ1) is 28.7. The van der Waals surface area contributed by atoms with E-state index in [1.165, 1.54) is 13.0 Å². The SMILES string of the molecule is C=C(C)CC(C(=O)O)c1cc(-c2ccc(C(F)(F)F)cc2)nc(-c2ccc(C(F)(F)F)cc2C(F)(F)F)c1. The molecule has 0 aliphatic rings. The lowest BCUT2D eigenvalue weighted by Crippen LogP contribution is -2.14. The van der Waals surface area contributed by atoms with Gasteiger partial charge < -0.3 is 5.11 Å². The van der Waals surface area contributed by atoms with Crippen LogP contribution in [-0.2, 0) is 23.3 Å². The van der Waals surface area contributed by atoms with Gasteiger partial charge in [-0.3, -0.25) is 4.79 Å². The van der Waals surface area contributed by atoms with E-state index in [9.17, 15) is 49.4 Å². The molecule has 0 aliphatic carbocycles. The van der Waals surface area contributed by atoms with Gasteiger partial charge in [-0.2, -0.15) is 39.5 Å². The van der Waals surface area contributed by atoms with Gasteiger partial charge in [-0.25, -0.2) is 4.98 Å². The van der Waals surface area contributed by atoms with Crippen LogP contribution in [0.1, 0.15) is 41.5 Å². The number of alkyl halides is 9. The van der Waals surface area contributed by atoms with Gasteiger partial charge in [0.05, 0.1) is 34.0 Å². The van der Waals surface area contributed by atoms with Gasteiger partial charge in [0, 0.05) is 11.1 Å². The second-order valence-corrected chi connectivity index (χ2v) is 8.55. The van der Waals surface area contributed by atoms with Crippen LogP contribution in [0.25, 0.3) is 22.5 Å².